The summed E-state index contributed by atoms with van der Waals surface area (Å²) in [7, 11) is 0. The quantitative estimate of drug-likeness (QED) is 0.772. The average molecular weight is 314 g/mol. The fourth-order valence-electron chi connectivity index (χ4n) is 3.87. The maximum absolute atomic E-state index is 15.2. The summed E-state index contributed by atoms with van der Waals surface area (Å²) in [6.45, 7) is 16.9. The van der Waals surface area contributed by atoms with Crippen LogP contribution in [0.15, 0.2) is 0 Å². The third-order valence-electron chi connectivity index (χ3n) is 5.92. The van der Waals surface area contributed by atoms with Crippen molar-refractivity contribution in [1.82, 2.24) is 14.7 Å². The smallest absolute Gasteiger partial charge is 0.126 e. The van der Waals surface area contributed by atoms with Crippen LogP contribution in [0.3, 0.4) is 0 Å². The van der Waals surface area contributed by atoms with Crippen molar-refractivity contribution in [2.24, 2.45) is 0 Å². The molecule has 2 aliphatic rings. The second kappa shape index (κ2) is 7.59. The van der Waals surface area contributed by atoms with E-state index < -0.39 is 5.67 Å². The summed E-state index contributed by atoms with van der Waals surface area (Å²) < 4.78 is 15.2. The molecule has 22 heavy (non-hydrogen) atoms. The Morgan fingerprint density at radius 1 is 1.05 bits per heavy atom. The molecule has 2 aliphatic heterocycles. The number of piperidine rings is 1. The van der Waals surface area contributed by atoms with Crippen LogP contribution in [-0.2, 0) is 0 Å². The molecule has 0 aliphatic carbocycles. The zero-order valence-corrected chi connectivity index (χ0v) is 15.3. The number of alkyl halides is 1. The lowest BCUT2D eigenvalue weighted by Crippen LogP contribution is -2.58. The lowest BCUT2D eigenvalue weighted by atomic mass is 9.91. The summed E-state index contributed by atoms with van der Waals surface area (Å²) in [5.41, 5.74) is -0.974. The molecule has 130 valence electrons. The van der Waals surface area contributed by atoms with E-state index in [1.54, 1.807) is 0 Å². The first-order valence-electron chi connectivity index (χ1n) is 9.25. The van der Waals surface area contributed by atoms with Gasteiger partial charge in [0.25, 0.3) is 0 Å². The van der Waals surface area contributed by atoms with Gasteiger partial charge in [-0.1, -0.05) is 6.92 Å². The first-order chi connectivity index (χ1) is 10.3. The molecule has 0 aromatic heterocycles. The predicted octanol–water partition coefficient (Wildman–Crippen LogP) is 3.00. The minimum atomic E-state index is -0.974. The van der Waals surface area contributed by atoms with Crippen molar-refractivity contribution in [3.63, 3.8) is 0 Å². The van der Waals surface area contributed by atoms with Gasteiger partial charge in [0, 0.05) is 57.4 Å². The van der Waals surface area contributed by atoms with Crippen LogP contribution in [0.2, 0.25) is 0 Å². The first-order valence-corrected chi connectivity index (χ1v) is 9.25. The third-order valence-corrected chi connectivity index (χ3v) is 5.92. The Labute approximate surface area is 136 Å². The normalized spacial score (nSPS) is 29.9. The van der Waals surface area contributed by atoms with Crippen LogP contribution >= 0.6 is 0 Å². The average Bonchev–Trinajstić information content (AvgIpc) is 2.49. The van der Waals surface area contributed by atoms with Crippen LogP contribution in [0.25, 0.3) is 0 Å². The highest BCUT2D eigenvalue weighted by Gasteiger charge is 2.39. The van der Waals surface area contributed by atoms with Crippen LogP contribution in [0, 0.1) is 0 Å². The van der Waals surface area contributed by atoms with Gasteiger partial charge in [-0.15, -0.1) is 0 Å². The SMILES string of the molecule is CCC(C)N1CCC(F)(CN2CCN(C(C)C)C[C@@H]2C)CC1. The summed E-state index contributed by atoms with van der Waals surface area (Å²) in [6, 6.07) is 1.66. The Bertz CT molecular complexity index is 339. The van der Waals surface area contributed by atoms with E-state index in [-0.39, 0.29) is 0 Å². The molecule has 0 spiro atoms. The van der Waals surface area contributed by atoms with Crippen LogP contribution in [0.4, 0.5) is 4.39 Å². The van der Waals surface area contributed by atoms with Gasteiger partial charge < -0.3 is 4.90 Å². The highest BCUT2D eigenvalue weighted by atomic mass is 19.1. The van der Waals surface area contributed by atoms with E-state index >= 15 is 4.39 Å². The molecule has 0 N–H and O–H groups in total. The molecule has 2 fully saturated rings. The Kier molecular flexibility index (Phi) is 6.26. The summed E-state index contributed by atoms with van der Waals surface area (Å²) in [6.07, 6.45) is 2.57. The highest BCUT2D eigenvalue weighted by Crippen LogP contribution is 2.30. The summed E-state index contributed by atoms with van der Waals surface area (Å²) >= 11 is 0. The zero-order valence-electron chi connectivity index (χ0n) is 15.3. The van der Waals surface area contributed by atoms with E-state index in [0.717, 1.165) is 39.1 Å². The molecule has 3 nitrogen and oxygen atoms in total. The third kappa shape index (κ3) is 4.42. The molecule has 0 aromatic rings. The van der Waals surface area contributed by atoms with E-state index in [9.17, 15) is 0 Å². The van der Waals surface area contributed by atoms with E-state index in [1.165, 1.54) is 0 Å². The first kappa shape index (κ1) is 18.2. The van der Waals surface area contributed by atoms with Gasteiger partial charge in [-0.3, -0.25) is 9.80 Å². The molecule has 2 atom stereocenters. The number of nitrogens with zero attached hydrogens (tertiary/aromatic N) is 3. The number of rotatable bonds is 5. The van der Waals surface area contributed by atoms with Gasteiger partial charge in [0.05, 0.1) is 0 Å². The maximum Gasteiger partial charge on any atom is 0.126 e. The number of halogens is 1. The minimum Gasteiger partial charge on any atom is -0.300 e. The standard InChI is InChI=1S/C18H36FN3/c1-6-16(4)20-9-7-18(19,8-10-20)14-22-12-11-21(15(2)3)13-17(22)5/h15-17H,6-14H2,1-5H3/t16?,17-/m0/s1. The highest BCUT2D eigenvalue weighted by molar-refractivity contribution is 4.93. The van der Waals surface area contributed by atoms with Crippen molar-refractivity contribution in [3.05, 3.63) is 0 Å². The molecule has 2 saturated heterocycles. The van der Waals surface area contributed by atoms with Crippen LogP contribution < -0.4 is 0 Å². The molecular weight excluding hydrogens is 277 g/mol. The van der Waals surface area contributed by atoms with Gasteiger partial charge >= 0.3 is 0 Å². The Morgan fingerprint density at radius 2 is 1.68 bits per heavy atom. The van der Waals surface area contributed by atoms with Crippen molar-refractivity contribution >= 4 is 0 Å². The van der Waals surface area contributed by atoms with Crippen molar-refractivity contribution in [3.8, 4) is 0 Å². The van der Waals surface area contributed by atoms with Crippen LogP contribution in [-0.4, -0.2) is 77.8 Å². The molecule has 2 heterocycles. The van der Waals surface area contributed by atoms with Crippen molar-refractivity contribution in [2.45, 2.75) is 77.7 Å². The number of piperazine rings is 1. The number of likely N-dealkylation sites (tertiary alicyclic amines) is 1. The molecule has 0 radical (unpaired) electrons. The molecule has 0 aromatic carbocycles. The predicted molar refractivity (Wildman–Crippen MR) is 92.1 cm³/mol. The van der Waals surface area contributed by atoms with Gasteiger partial charge in [-0.05, 0) is 47.0 Å². The van der Waals surface area contributed by atoms with Gasteiger partial charge in [-0.25, -0.2) is 4.39 Å². The fourth-order valence-corrected chi connectivity index (χ4v) is 3.87. The van der Waals surface area contributed by atoms with E-state index in [0.29, 0.717) is 37.5 Å². The lowest BCUT2D eigenvalue weighted by molar-refractivity contribution is -0.0191. The van der Waals surface area contributed by atoms with Crippen molar-refractivity contribution in [1.29, 1.82) is 0 Å². The molecular formula is C18H36FN3. The zero-order chi connectivity index (χ0) is 16.3. The number of hydrogen-bond donors (Lipinski definition) is 0. The largest absolute Gasteiger partial charge is 0.300 e. The second-order valence-electron chi connectivity index (χ2n) is 7.85. The topological polar surface area (TPSA) is 9.72 Å². The summed E-state index contributed by atoms with van der Waals surface area (Å²) in [4.78, 5) is 7.35. The maximum atomic E-state index is 15.2. The number of hydrogen-bond acceptors (Lipinski definition) is 3. The Balaban J connectivity index is 1.84. The molecule has 0 saturated carbocycles. The second-order valence-corrected chi connectivity index (χ2v) is 7.85. The lowest BCUT2D eigenvalue weighted by Gasteiger charge is -2.46. The molecule has 4 heteroatoms. The molecule has 0 bridgehead atoms. The summed E-state index contributed by atoms with van der Waals surface area (Å²) in [5.74, 6) is 0. The van der Waals surface area contributed by atoms with E-state index in [1.807, 2.05) is 0 Å². The van der Waals surface area contributed by atoms with Gasteiger partial charge in [0.15, 0.2) is 0 Å². The van der Waals surface area contributed by atoms with Crippen LogP contribution in [0.5, 0.6) is 0 Å². The fraction of sp³-hybridized carbons (Fsp3) is 1.00. The van der Waals surface area contributed by atoms with E-state index in [4.69, 9.17) is 0 Å². The Hall–Kier alpha value is -0.190. The molecule has 0 amide bonds. The van der Waals surface area contributed by atoms with Crippen molar-refractivity contribution < 1.29 is 4.39 Å². The van der Waals surface area contributed by atoms with Gasteiger partial charge in [0.2, 0.25) is 0 Å². The van der Waals surface area contributed by atoms with Gasteiger partial charge in [0.1, 0.15) is 5.67 Å². The van der Waals surface area contributed by atoms with Crippen molar-refractivity contribution in [2.75, 3.05) is 39.3 Å². The van der Waals surface area contributed by atoms with E-state index in [2.05, 4.69) is 49.3 Å². The van der Waals surface area contributed by atoms with Crippen LogP contribution in [0.1, 0.15) is 53.9 Å². The minimum absolute atomic E-state index is 0.469. The molecule has 1 unspecified atom stereocenters. The Morgan fingerprint density at radius 3 is 2.18 bits per heavy atom. The molecule has 2 rings (SSSR count). The monoisotopic (exact) mass is 313 g/mol. The summed E-state index contributed by atoms with van der Waals surface area (Å²) in [5, 5.41) is 0. The van der Waals surface area contributed by atoms with Gasteiger partial charge in [-0.2, -0.15) is 0 Å².